The first-order valence-electron chi connectivity index (χ1n) is 14.3. The molecule has 3 aliphatic rings. The van der Waals surface area contributed by atoms with Crippen molar-refractivity contribution in [2.75, 3.05) is 24.6 Å². The van der Waals surface area contributed by atoms with Gasteiger partial charge in [-0.15, -0.1) is 0 Å². The fourth-order valence-electron chi connectivity index (χ4n) is 6.40. The lowest BCUT2D eigenvalue weighted by Gasteiger charge is -2.41. The van der Waals surface area contributed by atoms with Crippen molar-refractivity contribution in [3.8, 4) is 17.2 Å². The summed E-state index contributed by atoms with van der Waals surface area (Å²) in [5.74, 6) is -0.569. The summed E-state index contributed by atoms with van der Waals surface area (Å²) in [6, 6.07) is 16.5. The molecule has 42 heavy (non-hydrogen) atoms. The Morgan fingerprint density at radius 1 is 1.00 bits per heavy atom. The summed E-state index contributed by atoms with van der Waals surface area (Å²) < 4.78 is 54.4. The van der Waals surface area contributed by atoms with E-state index < -0.39 is 54.7 Å². The van der Waals surface area contributed by atoms with Gasteiger partial charge in [-0.3, -0.25) is 0 Å². The van der Waals surface area contributed by atoms with E-state index in [4.69, 9.17) is 18.9 Å². The zero-order valence-corrected chi connectivity index (χ0v) is 23.7. The van der Waals surface area contributed by atoms with Crippen molar-refractivity contribution in [3.63, 3.8) is 0 Å². The monoisotopic (exact) mass is 583 g/mol. The van der Waals surface area contributed by atoms with Gasteiger partial charge in [0.2, 0.25) is 6.29 Å². The molecule has 3 aromatic carbocycles. The molecule has 0 aliphatic carbocycles. The molecule has 1 unspecified atom stereocenters. The van der Waals surface area contributed by atoms with Crippen LogP contribution in [0, 0.1) is 5.92 Å². The predicted octanol–water partition coefficient (Wildman–Crippen LogP) is 4.85. The predicted molar refractivity (Wildman–Crippen MR) is 150 cm³/mol. The summed E-state index contributed by atoms with van der Waals surface area (Å²) in [5, 5.41) is 30.9. The van der Waals surface area contributed by atoms with Crippen LogP contribution >= 0.6 is 0 Å². The molecule has 6 atom stereocenters. The van der Waals surface area contributed by atoms with Gasteiger partial charge < -0.3 is 39.2 Å². The standard InChI is InChI=1S/C32H35F2NO7/c1-4-35(5-2)19-10-11-21-24(14-19)40-29-22(32(21)20-9-7-6-8-18(20)16-39-32)12-13-23(26(29)30(33)34)41-31-28(38)27(37)17(3)25(15-36)42-31/h6-14,17,25,27-28,30-31,36-38H,4-5,15-16H2,1-3H3/t17-,25+,27-,28+,31+,32?/m0/s1. The van der Waals surface area contributed by atoms with Crippen LogP contribution in [0.15, 0.2) is 54.6 Å². The maximum Gasteiger partial charge on any atom is 0.271 e. The van der Waals surface area contributed by atoms with Gasteiger partial charge in [0.05, 0.1) is 25.4 Å². The zero-order valence-electron chi connectivity index (χ0n) is 23.7. The summed E-state index contributed by atoms with van der Waals surface area (Å²) in [6.45, 7) is 7.04. The molecule has 1 spiro atoms. The van der Waals surface area contributed by atoms with Crippen LogP contribution in [0.25, 0.3) is 0 Å². The smallest absolute Gasteiger partial charge is 0.271 e. The number of aliphatic hydroxyl groups excluding tert-OH is 3. The molecule has 0 saturated carbocycles. The van der Waals surface area contributed by atoms with E-state index in [1.54, 1.807) is 13.0 Å². The molecule has 8 nitrogen and oxygen atoms in total. The summed E-state index contributed by atoms with van der Waals surface area (Å²) in [5.41, 5.74) is 2.06. The van der Waals surface area contributed by atoms with Gasteiger partial charge in [0.1, 0.15) is 28.9 Å². The Bertz CT molecular complexity index is 1460. The largest absolute Gasteiger partial charge is 0.461 e. The van der Waals surface area contributed by atoms with Gasteiger partial charge in [-0.1, -0.05) is 31.2 Å². The molecule has 1 saturated heterocycles. The molecule has 6 rings (SSSR count). The first-order chi connectivity index (χ1) is 20.2. The average molecular weight is 584 g/mol. The second-order valence-electron chi connectivity index (χ2n) is 10.9. The van der Waals surface area contributed by atoms with Crippen LogP contribution in [0.2, 0.25) is 0 Å². The lowest BCUT2D eigenvalue weighted by Crippen LogP contribution is -2.56. The SMILES string of the molecule is CCN(CC)c1ccc2c(c1)Oc1c(ccc(O[C@@H]3O[C@H](CO)[C@H](C)[C@H](O)[C@H]3O)c1C(F)F)C21OCc2ccccc21. The second-order valence-corrected chi connectivity index (χ2v) is 10.9. The molecule has 0 aromatic heterocycles. The number of ether oxygens (including phenoxy) is 4. The number of benzene rings is 3. The lowest BCUT2D eigenvalue weighted by atomic mass is 9.77. The minimum Gasteiger partial charge on any atom is -0.461 e. The molecule has 1 fully saturated rings. The van der Waals surface area contributed by atoms with Crippen molar-refractivity contribution >= 4 is 5.69 Å². The summed E-state index contributed by atoms with van der Waals surface area (Å²) in [7, 11) is 0. The van der Waals surface area contributed by atoms with Crippen LogP contribution < -0.4 is 14.4 Å². The van der Waals surface area contributed by atoms with Crippen molar-refractivity contribution in [1.29, 1.82) is 0 Å². The van der Waals surface area contributed by atoms with Gasteiger partial charge >= 0.3 is 0 Å². The molecular formula is C32H35F2NO7. The van der Waals surface area contributed by atoms with E-state index >= 15 is 8.78 Å². The number of anilines is 1. The number of alkyl halides is 2. The highest BCUT2D eigenvalue weighted by Gasteiger charge is 2.51. The van der Waals surface area contributed by atoms with Crippen LogP contribution in [-0.4, -0.2) is 59.6 Å². The number of nitrogens with zero attached hydrogens (tertiary/aromatic N) is 1. The highest BCUT2D eigenvalue weighted by molar-refractivity contribution is 5.69. The minimum absolute atomic E-state index is 0.0960. The van der Waals surface area contributed by atoms with Gasteiger partial charge in [-0.2, -0.15) is 0 Å². The topological polar surface area (TPSA) is 101 Å². The van der Waals surface area contributed by atoms with Crippen LogP contribution in [0.4, 0.5) is 14.5 Å². The Balaban J connectivity index is 1.51. The number of hydrogen-bond acceptors (Lipinski definition) is 8. The van der Waals surface area contributed by atoms with E-state index in [2.05, 4.69) is 4.90 Å². The Morgan fingerprint density at radius 2 is 1.74 bits per heavy atom. The number of halogens is 2. The molecule has 3 N–H and O–H groups in total. The van der Waals surface area contributed by atoms with Crippen molar-refractivity contribution in [2.24, 2.45) is 5.92 Å². The third kappa shape index (κ3) is 4.36. The maximum atomic E-state index is 15.0. The quantitative estimate of drug-likeness (QED) is 0.363. The Kier molecular flexibility index (Phi) is 7.61. The van der Waals surface area contributed by atoms with E-state index in [0.29, 0.717) is 16.9 Å². The Hall–Kier alpha value is -3.28. The highest BCUT2D eigenvalue weighted by atomic mass is 19.3. The summed E-state index contributed by atoms with van der Waals surface area (Å²) in [4.78, 5) is 2.13. The fourth-order valence-corrected chi connectivity index (χ4v) is 6.40. The fraction of sp³-hybridized carbons (Fsp3) is 0.438. The van der Waals surface area contributed by atoms with Crippen LogP contribution in [0.1, 0.15) is 55.0 Å². The van der Waals surface area contributed by atoms with Crippen LogP contribution in [-0.2, 0) is 21.7 Å². The summed E-state index contributed by atoms with van der Waals surface area (Å²) in [6.07, 6.45) is -8.20. The van der Waals surface area contributed by atoms with Crippen molar-refractivity contribution < 1.29 is 43.0 Å². The third-order valence-electron chi connectivity index (χ3n) is 8.77. The molecule has 0 bridgehead atoms. The average Bonchev–Trinajstić information content (AvgIpc) is 3.37. The van der Waals surface area contributed by atoms with Gasteiger partial charge in [0.15, 0.2) is 5.60 Å². The molecule has 3 heterocycles. The molecular weight excluding hydrogens is 548 g/mol. The Morgan fingerprint density at radius 3 is 2.45 bits per heavy atom. The van der Waals surface area contributed by atoms with E-state index in [9.17, 15) is 15.3 Å². The zero-order chi connectivity index (χ0) is 29.8. The molecule has 10 heteroatoms. The normalized spacial score (nSPS) is 27.8. The van der Waals surface area contributed by atoms with Gasteiger partial charge in [0.25, 0.3) is 6.43 Å². The number of rotatable bonds is 7. The first-order valence-corrected chi connectivity index (χ1v) is 14.3. The lowest BCUT2D eigenvalue weighted by molar-refractivity contribution is -0.261. The van der Waals surface area contributed by atoms with Crippen molar-refractivity contribution in [1.82, 2.24) is 0 Å². The molecule has 3 aromatic rings. The number of fused-ring (bicyclic) bond motifs is 6. The molecule has 3 aliphatic heterocycles. The van der Waals surface area contributed by atoms with E-state index in [1.165, 1.54) is 6.07 Å². The van der Waals surface area contributed by atoms with Crippen molar-refractivity contribution in [3.05, 3.63) is 82.4 Å². The highest BCUT2D eigenvalue weighted by Crippen LogP contribution is 2.59. The number of hydrogen-bond donors (Lipinski definition) is 3. The van der Waals surface area contributed by atoms with Crippen molar-refractivity contribution in [2.45, 2.75) is 64.0 Å². The molecule has 224 valence electrons. The van der Waals surface area contributed by atoms with Gasteiger partial charge in [-0.25, -0.2) is 8.78 Å². The molecule has 0 amide bonds. The first kappa shape index (κ1) is 28.8. The van der Waals surface area contributed by atoms with E-state index in [-0.39, 0.29) is 18.1 Å². The third-order valence-corrected chi connectivity index (χ3v) is 8.77. The summed E-state index contributed by atoms with van der Waals surface area (Å²) >= 11 is 0. The Labute approximate surface area is 243 Å². The minimum atomic E-state index is -3.03. The van der Waals surface area contributed by atoms with Crippen LogP contribution in [0.5, 0.6) is 17.2 Å². The molecule has 0 radical (unpaired) electrons. The van der Waals surface area contributed by atoms with E-state index in [1.807, 2.05) is 56.3 Å². The maximum absolute atomic E-state index is 15.0. The van der Waals surface area contributed by atoms with Gasteiger partial charge in [-0.05, 0) is 49.2 Å². The number of aliphatic hydroxyl groups is 3. The second kappa shape index (κ2) is 11.1. The van der Waals surface area contributed by atoms with E-state index in [0.717, 1.165) is 29.9 Å². The van der Waals surface area contributed by atoms with Gasteiger partial charge in [0, 0.05) is 41.9 Å². The van der Waals surface area contributed by atoms with Crippen LogP contribution in [0.3, 0.4) is 0 Å².